The van der Waals surface area contributed by atoms with Gasteiger partial charge in [-0.15, -0.1) is 0 Å². The molecule has 0 heterocycles. The zero-order chi connectivity index (χ0) is 12.1. The number of benzene rings is 1. The topological polar surface area (TPSA) is 55.8 Å². The Balaban J connectivity index is 2.85. The zero-order valence-electron chi connectivity index (χ0n) is 9.69. The third-order valence-corrected chi connectivity index (χ3v) is 1.90. The van der Waals surface area contributed by atoms with Crippen molar-refractivity contribution in [1.82, 2.24) is 0 Å². The number of hydrogen-bond donors (Lipinski definition) is 1. The van der Waals surface area contributed by atoms with Crippen LogP contribution in [0, 0.1) is 5.92 Å². The Bertz CT molecular complexity index is 371. The Morgan fingerprint density at radius 1 is 1.38 bits per heavy atom. The molecule has 0 saturated heterocycles. The number of aromatic hydroxyl groups is 1. The van der Waals surface area contributed by atoms with Gasteiger partial charge in [0.25, 0.3) is 0 Å². The highest BCUT2D eigenvalue weighted by Crippen LogP contribution is 2.22. The first-order valence-corrected chi connectivity index (χ1v) is 5.08. The molecule has 1 aromatic rings. The predicted molar refractivity (Wildman–Crippen MR) is 59.8 cm³/mol. The van der Waals surface area contributed by atoms with Crippen molar-refractivity contribution < 1.29 is 19.4 Å². The molecule has 4 heteroatoms. The largest absolute Gasteiger partial charge is 0.508 e. The molecule has 0 radical (unpaired) electrons. The fraction of sp³-hybridized carbons (Fsp3) is 0.417. The highest BCUT2D eigenvalue weighted by Gasteiger charge is 2.09. The number of esters is 1. The smallest absolute Gasteiger partial charge is 0.338 e. The Morgan fingerprint density at radius 3 is 2.62 bits per heavy atom. The number of methoxy groups -OCH3 is 1. The number of phenolic OH excluding ortho intramolecular Hbond substituents is 1. The summed E-state index contributed by atoms with van der Waals surface area (Å²) in [6.45, 7) is 4.57. The van der Waals surface area contributed by atoms with E-state index in [9.17, 15) is 9.90 Å². The lowest BCUT2D eigenvalue weighted by Gasteiger charge is -2.10. The van der Waals surface area contributed by atoms with Crippen LogP contribution in [-0.4, -0.2) is 24.8 Å². The maximum absolute atomic E-state index is 11.3. The minimum absolute atomic E-state index is 0.0124. The number of ether oxygens (including phenoxy) is 2. The van der Waals surface area contributed by atoms with Crippen molar-refractivity contribution in [3.63, 3.8) is 0 Å². The van der Waals surface area contributed by atoms with E-state index in [-0.39, 0.29) is 11.3 Å². The average Bonchev–Trinajstić information content (AvgIpc) is 2.24. The third-order valence-electron chi connectivity index (χ3n) is 1.90. The molecular formula is C12H16O4. The molecule has 1 aromatic carbocycles. The molecule has 88 valence electrons. The van der Waals surface area contributed by atoms with Gasteiger partial charge in [-0.1, -0.05) is 13.8 Å². The van der Waals surface area contributed by atoms with E-state index in [4.69, 9.17) is 4.74 Å². The summed E-state index contributed by atoms with van der Waals surface area (Å²) in [6.07, 6.45) is 0. The van der Waals surface area contributed by atoms with E-state index < -0.39 is 5.97 Å². The number of carbonyl (C=O) groups excluding carboxylic acids is 1. The van der Waals surface area contributed by atoms with Gasteiger partial charge in [-0.2, -0.15) is 0 Å². The number of rotatable bonds is 4. The van der Waals surface area contributed by atoms with Crippen LogP contribution in [0.2, 0.25) is 0 Å². The number of carbonyl (C=O) groups is 1. The first kappa shape index (κ1) is 12.4. The minimum Gasteiger partial charge on any atom is -0.508 e. The normalized spacial score (nSPS) is 10.2. The SMILES string of the molecule is COC(=O)c1cc(O)cc(OCC(C)C)c1. The van der Waals surface area contributed by atoms with Gasteiger partial charge in [0.15, 0.2) is 0 Å². The Kier molecular flexibility index (Phi) is 4.17. The summed E-state index contributed by atoms with van der Waals surface area (Å²) >= 11 is 0. The fourth-order valence-corrected chi connectivity index (χ4v) is 1.17. The minimum atomic E-state index is -0.495. The van der Waals surface area contributed by atoms with Crippen molar-refractivity contribution in [2.75, 3.05) is 13.7 Å². The van der Waals surface area contributed by atoms with Crippen LogP contribution in [0.3, 0.4) is 0 Å². The van der Waals surface area contributed by atoms with Gasteiger partial charge in [0.2, 0.25) is 0 Å². The van der Waals surface area contributed by atoms with E-state index in [0.29, 0.717) is 18.3 Å². The summed E-state index contributed by atoms with van der Waals surface area (Å²) in [4.78, 5) is 11.3. The van der Waals surface area contributed by atoms with E-state index in [1.807, 2.05) is 13.8 Å². The first-order chi connectivity index (χ1) is 7.52. The highest BCUT2D eigenvalue weighted by atomic mass is 16.5. The van der Waals surface area contributed by atoms with Crippen LogP contribution in [0.4, 0.5) is 0 Å². The monoisotopic (exact) mass is 224 g/mol. The maximum Gasteiger partial charge on any atom is 0.338 e. The van der Waals surface area contributed by atoms with Crippen LogP contribution < -0.4 is 4.74 Å². The van der Waals surface area contributed by atoms with Gasteiger partial charge in [-0.05, 0) is 18.1 Å². The molecule has 0 aromatic heterocycles. The molecular weight excluding hydrogens is 208 g/mol. The third kappa shape index (κ3) is 3.46. The molecule has 1 rings (SSSR count). The second-order valence-electron chi connectivity index (χ2n) is 3.91. The van der Waals surface area contributed by atoms with Crippen LogP contribution in [0.1, 0.15) is 24.2 Å². The molecule has 0 aliphatic heterocycles. The highest BCUT2D eigenvalue weighted by molar-refractivity contribution is 5.90. The summed E-state index contributed by atoms with van der Waals surface area (Å²) in [5.74, 6) is 0.338. The van der Waals surface area contributed by atoms with Crippen LogP contribution in [0.25, 0.3) is 0 Å². The van der Waals surface area contributed by atoms with Crippen LogP contribution >= 0.6 is 0 Å². The molecule has 0 unspecified atom stereocenters. The summed E-state index contributed by atoms with van der Waals surface area (Å²) < 4.78 is 9.98. The second kappa shape index (κ2) is 5.39. The molecule has 0 fully saturated rings. The summed E-state index contributed by atoms with van der Waals surface area (Å²) in [7, 11) is 1.29. The standard InChI is InChI=1S/C12H16O4/c1-8(2)7-16-11-5-9(12(14)15-3)4-10(13)6-11/h4-6,8,13H,7H2,1-3H3. The number of phenols is 1. The van der Waals surface area contributed by atoms with E-state index in [2.05, 4.69) is 4.74 Å². The Hall–Kier alpha value is -1.71. The molecule has 16 heavy (non-hydrogen) atoms. The molecule has 0 aliphatic rings. The van der Waals surface area contributed by atoms with Gasteiger partial charge >= 0.3 is 5.97 Å². The van der Waals surface area contributed by atoms with Gasteiger partial charge < -0.3 is 14.6 Å². The van der Waals surface area contributed by atoms with E-state index in [1.54, 1.807) is 6.07 Å². The fourth-order valence-electron chi connectivity index (χ4n) is 1.17. The molecule has 0 saturated carbocycles. The molecule has 4 nitrogen and oxygen atoms in total. The summed E-state index contributed by atoms with van der Waals surface area (Å²) in [5, 5.41) is 9.42. The molecule has 0 spiro atoms. The molecule has 0 aliphatic carbocycles. The van der Waals surface area contributed by atoms with E-state index in [1.165, 1.54) is 19.2 Å². The quantitative estimate of drug-likeness (QED) is 0.797. The average molecular weight is 224 g/mol. The van der Waals surface area contributed by atoms with Crippen molar-refractivity contribution in [2.45, 2.75) is 13.8 Å². The lowest BCUT2D eigenvalue weighted by atomic mass is 10.2. The molecule has 0 amide bonds. The second-order valence-corrected chi connectivity index (χ2v) is 3.91. The number of hydrogen-bond acceptors (Lipinski definition) is 4. The van der Waals surface area contributed by atoms with Crippen molar-refractivity contribution in [1.29, 1.82) is 0 Å². The van der Waals surface area contributed by atoms with Crippen molar-refractivity contribution in [2.24, 2.45) is 5.92 Å². The predicted octanol–water partition coefficient (Wildman–Crippen LogP) is 2.21. The van der Waals surface area contributed by atoms with Gasteiger partial charge in [0, 0.05) is 6.07 Å². The van der Waals surface area contributed by atoms with Crippen LogP contribution in [-0.2, 0) is 4.74 Å². The van der Waals surface area contributed by atoms with Crippen molar-refractivity contribution in [3.8, 4) is 11.5 Å². The van der Waals surface area contributed by atoms with E-state index >= 15 is 0 Å². The van der Waals surface area contributed by atoms with Gasteiger partial charge in [0.1, 0.15) is 11.5 Å². The molecule has 0 atom stereocenters. The summed E-state index contributed by atoms with van der Waals surface area (Å²) in [5.41, 5.74) is 0.279. The molecule has 0 bridgehead atoms. The maximum atomic E-state index is 11.3. The van der Waals surface area contributed by atoms with Gasteiger partial charge in [0.05, 0.1) is 19.3 Å². The van der Waals surface area contributed by atoms with Crippen molar-refractivity contribution in [3.05, 3.63) is 23.8 Å². The Labute approximate surface area is 94.8 Å². The molecule has 1 N–H and O–H groups in total. The van der Waals surface area contributed by atoms with Gasteiger partial charge in [-0.25, -0.2) is 4.79 Å². The zero-order valence-corrected chi connectivity index (χ0v) is 9.69. The van der Waals surface area contributed by atoms with E-state index in [0.717, 1.165) is 0 Å². The van der Waals surface area contributed by atoms with Crippen LogP contribution in [0.15, 0.2) is 18.2 Å². The van der Waals surface area contributed by atoms with Crippen LogP contribution in [0.5, 0.6) is 11.5 Å². The lowest BCUT2D eigenvalue weighted by molar-refractivity contribution is 0.0599. The Morgan fingerprint density at radius 2 is 2.06 bits per heavy atom. The summed E-state index contributed by atoms with van der Waals surface area (Å²) in [6, 6.07) is 4.36. The lowest BCUT2D eigenvalue weighted by Crippen LogP contribution is -2.06. The first-order valence-electron chi connectivity index (χ1n) is 5.08. The van der Waals surface area contributed by atoms with Gasteiger partial charge in [-0.3, -0.25) is 0 Å². The van der Waals surface area contributed by atoms with Crippen molar-refractivity contribution >= 4 is 5.97 Å².